The zero-order valence-corrected chi connectivity index (χ0v) is 12.6. The molecule has 0 fully saturated rings. The molecular formula is C14H18ClNO4. The molecule has 0 heterocycles. The number of aryl methyl sites for hydroxylation is 1. The van der Waals surface area contributed by atoms with Crippen LogP contribution >= 0.6 is 11.6 Å². The first kappa shape index (κ1) is 16.3. The lowest BCUT2D eigenvalue weighted by atomic mass is 10.1. The molecule has 5 nitrogen and oxygen atoms in total. The van der Waals surface area contributed by atoms with Gasteiger partial charge in [-0.05, 0) is 51.5 Å². The molecule has 0 saturated heterocycles. The number of aliphatic carboxylic acids is 1. The molecule has 1 atom stereocenters. The summed E-state index contributed by atoms with van der Waals surface area (Å²) < 4.78 is 5.62. The molecule has 0 spiro atoms. The second-order valence-corrected chi connectivity index (χ2v) is 5.46. The van der Waals surface area contributed by atoms with E-state index in [0.29, 0.717) is 10.8 Å². The van der Waals surface area contributed by atoms with Crippen molar-refractivity contribution in [1.82, 2.24) is 5.32 Å². The third-order valence-electron chi connectivity index (χ3n) is 2.77. The van der Waals surface area contributed by atoms with Crippen molar-refractivity contribution in [2.45, 2.75) is 39.3 Å². The molecular weight excluding hydrogens is 282 g/mol. The Labute approximate surface area is 122 Å². The Morgan fingerprint density at radius 2 is 2.00 bits per heavy atom. The minimum absolute atomic E-state index is 0.495. The van der Waals surface area contributed by atoms with E-state index < -0.39 is 23.5 Å². The highest BCUT2D eigenvalue weighted by molar-refractivity contribution is 6.31. The molecule has 1 rings (SSSR count). The first-order valence-corrected chi connectivity index (χ1v) is 6.50. The second-order valence-electron chi connectivity index (χ2n) is 5.06. The number of halogens is 1. The van der Waals surface area contributed by atoms with Crippen molar-refractivity contribution in [3.05, 3.63) is 28.8 Å². The average molecular weight is 300 g/mol. The monoisotopic (exact) mass is 299 g/mol. The molecule has 1 unspecified atom stereocenters. The van der Waals surface area contributed by atoms with Crippen LogP contribution in [0.3, 0.4) is 0 Å². The first-order chi connectivity index (χ1) is 9.13. The molecule has 0 aliphatic carbocycles. The van der Waals surface area contributed by atoms with E-state index in [9.17, 15) is 9.59 Å². The van der Waals surface area contributed by atoms with Gasteiger partial charge in [0.25, 0.3) is 5.91 Å². The van der Waals surface area contributed by atoms with Gasteiger partial charge in [0.2, 0.25) is 0 Å². The zero-order valence-electron chi connectivity index (χ0n) is 11.9. The summed E-state index contributed by atoms with van der Waals surface area (Å²) in [5.74, 6) is -1.11. The maximum absolute atomic E-state index is 12.0. The summed E-state index contributed by atoms with van der Waals surface area (Å²) in [6.07, 6.45) is 0. The molecule has 1 amide bonds. The number of amides is 1. The van der Waals surface area contributed by atoms with Crippen LogP contribution in [0.5, 0.6) is 5.75 Å². The number of carbonyl (C=O) groups is 2. The van der Waals surface area contributed by atoms with Crippen LogP contribution in [0.15, 0.2) is 18.2 Å². The second kappa shape index (κ2) is 6.13. The van der Waals surface area contributed by atoms with Crippen LogP contribution in [0.2, 0.25) is 5.02 Å². The predicted molar refractivity (Wildman–Crippen MR) is 76.1 cm³/mol. The van der Waals surface area contributed by atoms with Crippen LogP contribution in [0.4, 0.5) is 0 Å². The highest BCUT2D eigenvalue weighted by atomic mass is 35.5. The van der Waals surface area contributed by atoms with Gasteiger partial charge in [0.05, 0.1) is 0 Å². The van der Waals surface area contributed by atoms with Crippen LogP contribution in [0.25, 0.3) is 0 Å². The van der Waals surface area contributed by atoms with E-state index in [4.69, 9.17) is 21.4 Å². The van der Waals surface area contributed by atoms with Crippen LogP contribution in [0.1, 0.15) is 26.3 Å². The Morgan fingerprint density at radius 1 is 1.40 bits per heavy atom. The van der Waals surface area contributed by atoms with Crippen molar-refractivity contribution in [1.29, 1.82) is 0 Å². The molecule has 0 aromatic heterocycles. The van der Waals surface area contributed by atoms with Gasteiger partial charge in [-0.2, -0.15) is 0 Å². The molecule has 110 valence electrons. The van der Waals surface area contributed by atoms with E-state index in [1.807, 2.05) is 6.92 Å². The summed E-state index contributed by atoms with van der Waals surface area (Å²) in [6, 6.07) is 4.08. The van der Waals surface area contributed by atoms with E-state index in [1.54, 1.807) is 32.0 Å². The number of carbonyl (C=O) groups excluding carboxylic acids is 1. The van der Waals surface area contributed by atoms with Gasteiger partial charge in [0.15, 0.2) is 5.60 Å². The molecule has 1 aromatic rings. The number of benzene rings is 1. The van der Waals surface area contributed by atoms with Crippen molar-refractivity contribution < 1.29 is 19.4 Å². The molecule has 1 aromatic carbocycles. The molecule has 0 bridgehead atoms. The van der Waals surface area contributed by atoms with E-state index in [0.717, 1.165) is 5.56 Å². The number of ether oxygens (including phenoxy) is 1. The summed E-state index contributed by atoms with van der Waals surface area (Å²) in [4.78, 5) is 22.7. The molecule has 20 heavy (non-hydrogen) atoms. The third kappa shape index (κ3) is 4.13. The molecule has 0 saturated carbocycles. The van der Waals surface area contributed by atoms with Gasteiger partial charge in [0.1, 0.15) is 11.8 Å². The Morgan fingerprint density at radius 3 is 2.50 bits per heavy atom. The quantitative estimate of drug-likeness (QED) is 0.875. The highest BCUT2D eigenvalue weighted by Gasteiger charge is 2.32. The summed E-state index contributed by atoms with van der Waals surface area (Å²) in [5.41, 5.74) is -0.358. The van der Waals surface area contributed by atoms with E-state index >= 15 is 0 Å². The molecule has 0 aliphatic heterocycles. The lowest BCUT2D eigenvalue weighted by molar-refractivity contribution is -0.144. The van der Waals surface area contributed by atoms with Crippen LogP contribution < -0.4 is 10.1 Å². The Balaban J connectivity index is 2.80. The van der Waals surface area contributed by atoms with Gasteiger partial charge in [-0.3, -0.25) is 9.59 Å². The van der Waals surface area contributed by atoms with Gasteiger partial charge in [0, 0.05) is 5.02 Å². The summed E-state index contributed by atoms with van der Waals surface area (Å²) in [7, 11) is 0. The van der Waals surface area contributed by atoms with E-state index in [-0.39, 0.29) is 0 Å². The summed E-state index contributed by atoms with van der Waals surface area (Å²) >= 11 is 5.92. The minimum atomic E-state index is -1.19. The fraction of sp³-hybridized carbons (Fsp3) is 0.429. The number of hydrogen-bond donors (Lipinski definition) is 2. The predicted octanol–water partition coefficient (Wildman–Crippen LogP) is 2.40. The first-order valence-electron chi connectivity index (χ1n) is 6.12. The van der Waals surface area contributed by atoms with Gasteiger partial charge in [-0.15, -0.1) is 0 Å². The van der Waals surface area contributed by atoms with Crippen LogP contribution in [0, 0.1) is 6.92 Å². The normalized spacial score (nSPS) is 12.7. The topological polar surface area (TPSA) is 75.6 Å². The maximum Gasteiger partial charge on any atom is 0.325 e. The third-order valence-corrected chi connectivity index (χ3v) is 3.19. The average Bonchev–Trinajstić information content (AvgIpc) is 2.33. The standard InChI is InChI=1S/C14H18ClNO4/c1-8-7-10(5-6-11(8)15)20-14(3,4)13(19)16-9(2)12(17)18/h5-7,9H,1-4H3,(H,16,19)(H,17,18). The highest BCUT2D eigenvalue weighted by Crippen LogP contribution is 2.24. The van der Waals surface area contributed by atoms with Crippen LogP contribution in [-0.4, -0.2) is 28.6 Å². The molecule has 0 radical (unpaired) electrons. The van der Waals surface area contributed by atoms with Crippen LogP contribution in [-0.2, 0) is 9.59 Å². The summed E-state index contributed by atoms with van der Waals surface area (Å²) in [6.45, 7) is 6.36. The van der Waals surface area contributed by atoms with Crippen molar-refractivity contribution in [3.8, 4) is 5.75 Å². The van der Waals surface area contributed by atoms with E-state index in [1.165, 1.54) is 6.92 Å². The minimum Gasteiger partial charge on any atom is -0.480 e. The van der Waals surface area contributed by atoms with Crippen molar-refractivity contribution in [3.63, 3.8) is 0 Å². The van der Waals surface area contributed by atoms with Gasteiger partial charge in [-0.1, -0.05) is 11.6 Å². The Bertz CT molecular complexity index is 528. The largest absolute Gasteiger partial charge is 0.480 e. The van der Waals surface area contributed by atoms with E-state index in [2.05, 4.69) is 5.32 Å². The van der Waals surface area contributed by atoms with Gasteiger partial charge >= 0.3 is 5.97 Å². The Hall–Kier alpha value is -1.75. The van der Waals surface area contributed by atoms with Crippen molar-refractivity contribution in [2.24, 2.45) is 0 Å². The van der Waals surface area contributed by atoms with Gasteiger partial charge < -0.3 is 15.2 Å². The number of carboxylic acids is 1. The molecule has 0 aliphatic rings. The van der Waals surface area contributed by atoms with Crippen molar-refractivity contribution in [2.75, 3.05) is 0 Å². The number of nitrogens with one attached hydrogen (secondary N) is 1. The smallest absolute Gasteiger partial charge is 0.325 e. The Kier molecular flexibility index (Phi) is 5.00. The number of rotatable bonds is 5. The number of hydrogen-bond acceptors (Lipinski definition) is 3. The molecule has 2 N–H and O–H groups in total. The SMILES string of the molecule is Cc1cc(OC(C)(C)C(=O)NC(C)C(=O)O)ccc1Cl. The summed E-state index contributed by atoms with van der Waals surface area (Å²) in [5, 5.41) is 11.8. The fourth-order valence-electron chi connectivity index (χ4n) is 1.45. The maximum atomic E-state index is 12.0. The number of carboxylic acid groups (broad SMARTS) is 1. The lowest BCUT2D eigenvalue weighted by Gasteiger charge is -2.26. The lowest BCUT2D eigenvalue weighted by Crippen LogP contribution is -2.51. The van der Waals surface area contributed by atoms with Crippen molar-refractivity contribution >= 4 is 23.5 Å². The van der Waals surface area contributed by atoms with Gasteiger partial charge in [-0.25, -0.2) is 0 Å². The molecule has 6 heteroatoms. The fourth-order valence-corrected chi connectivity index (χ4v) is 1.57. The zero-order chi connectivity index (χ0) is 15.5.